The van der Waals surface area contributed by atoms with Crippen molar-refractivity contribution in [3.8, 4) is 11.5 Å². The van der Waals surface area contributed by atoms with Crippen LogP contribution in [0.15, 0.2) is 18.2 Å². The summed E-state index contributed by atoms with van der Waals surface area (Å²) in [6, 6.07) is 4.58. The molecule has 0 atom stereocenters. The Kier molecular flexibility index (Phi) is 2.87. The molecule has 0 saturated carbocycles. The minimum atomic E-state index is -0.257. The molecule has 0 aliphatic carbocycles. The highest BCUT2D eigenvalue weighted by Gasteiger charge is 2.13. The third-order valence-corrected chi connectivity index (χ3v) is 1.68. The van der Waals surface area contributed by atoms with Gasteiger partial charge in [-0.15, -0.1) is 0 Å². The highest BCUT2D eigenvalue weighted by Crippen LogP contribution is 2.29. The molecule has 13 heavy (non-hydrogen) atoms. The molecule has 0 unspecified atom stereocenters. The third-order valence-electron chi connectivity index (χ3n) is 1.68. The Bertz CT molecular complexity index is 323. The van der Waals surface area contributed by atoms with Gasteiger partial charge >= 0.3 is 0 Å². The zero-order valence-corrected chi connectivity index (χ0v) is 7.28. The summed E-state index contributed by atoms with van der Waals surface area (Å²) in [7, 11) is 1.39. The molecule has 0 aromatic heterocycles. The molecule has 0 spiro atoms. The summed E-state index contributed by atoms with van der Waals surface area (Å²) >= 11 is 0. The van der Waals surface area contributed by atoms with Gasteiger partial charge < -0.3 is 15.6 Å². The van der Waals surface area contributed by atoms with E-state index in [4.69, 9.17) is 10.5 Å². The van der Waals surface area contributed by atoms with E-state index in [0.29, 0.717) is 5.56 Å². The number of rotatable bonds is 3. The van der Waals surface area contributed by atoms with Gasteiger partial charge in [-0.3, -0.25) is 4.79 Å². The number of phenolic OH excluding ortho intramolecular Hbond substituents is 1. The van der Waals surface area contributed by atoms with Gasteiger partial charge in [-0.05, 0) is 12.1 Å². The molecule has 3 N–H and O–H groups in total. The fraction of sp³-hybridized carbons (Fsp3) is 0.222. The molecule has 1 aromatic carbocycles. The van der Waals surface area contributed by atoms with E-state index in [-0.39, 0.29) is 23.8 Å². The first-order valence-corrected chi connectivity index (χ1v) is 3.80. The first-order valence-electron chi connectivity index (χ1n) is 3.80. The number of Topliss-reactive ketones (excluding diaryl/α,β-unsaturated/α-hetero) is 1. The van der Waals surface area contributed by atoms with E-state index < -0.39 is 0 Å². The Balaban J connectivity index is 3.20. The summed E-state index contributed by atoms with van der Waals surface area (Å²) < 4.78 is 4.87. The van der Waals surface area contributed by atoms with Crippen LogP contribution in [0.4, 0.5) is 0 Å². The third kappa shape index (κ3) is 1.78. The van der Waals surface area contributed by atoms with Crippen LogP contribution in [0.2, 0.25) is 0 Å². The Morgan fingerprint density at radius 3 is 2.85 bits per heavy atom. The van der Waals surface area contributed by atoms with Gasteiger partial charge in [0.15, 0.2) is 17.3 Å². The van der Waals surface area contributed by atoms with Crippen molar-refractivity contribution in [3.63, 3.8) is 0 Å². The van der Waals surface area contributed by atoms with Crippen LogP contribution in [0.5, 0.6) is 11.5 Å². The van der Waals surface area contributed by atoms with E-state index >= 15 is 0 Å². The van der Waals surface area contributed by atoms with Crippen molar-refractivity contribution in [1.29, 1.82) is 0 Å². The minimum Gasteiger partial charge on any atom is -0.504 e. The molecule has 0 saturated heterocycles. The second-order valence-electron chi connectivity index (χ2n) is 2.49. The topological polar surface area (TPSA) is 72.5 Å². The summed E-state index contributed by atoms with van der Waals surface area (Å²) in [5.41, 5.74) is 5.50. The maximum atomic E-state index is 11.2. The highest BCUT2D eigenvalue weighted by atomic mass is 16.5. The molecule has 0 heterocycles. The number of nitrogens with two attached hydrogens (primary N) is 1. The number of phenols is 1. The van der Waals surface area contributed by atoms with Gasteiger partial charge in [0.2, 0.25) is 0 Å². The molecule has 1 rings (SSSR count). The SMILES string of the molecule is COc1c(O)cccc1C(=O)CN. The van der Waals surface area contributed by atoms with Crippen LogP contribution in [0.3, 0.4) is 0 Å². The molecule has 0 aliphatic heterocycles. The summed E-state index contributed by atoms with van der Waals surface area (Å²) in [5.74, 6) is -0.132. The second kappa shape index (κ2) is 3.91. The number of ketones is 1. The Labute approximate surface area is 75.9 Å². The van der Waals surface area contributed by atoms with Gasteiger partial charge in [0, 0.05) is 0 Å². The fourth-order valence-corrected chi connectivity index (χ4v) is 1.07. The van der Waals surface area contributed by atoms with Gasteiger partial charge in [0.1, 0.15) is 0 Å². The van der Waals surface area contributed by atoms with Crippen LogP contribution in [0, 0.1) is 0 Å². The molecule has 0 radical (unpaired) electrons. The first kappa shape index (κ1) is 9.54. The predicted octanol–water partition coefficient (Wildman–Crippen LogP) is 0.542. The van der Waals surface area contributed by atoms with Crippen LogP contribution >= 0.6 is 0 Å². The number of benzene rings is 1. The van der Waals surface area contributed by atoms with Crippen LogP contribution in [-0.2, 0) is 0 Å². The fourth-order valence-electron chi connectivity index (χ4n) is 1.07. The monoisotopic (exact) mass is 181 g/mol. The van der Waals surface area contributed by atoms with Gasteiger partial charge in [-0.1, -0.05) is 6.07 Å². The van der Waals surface area contributed by atoms with Crippen LogP contribution in [0.25, 0.3) is 0 Å². The number of ether oxygens (including phenoxy) is 1. The van der Waals surface area contributed by atoms with Crippen molar-refractivity contribution in [1.82, 2.24) is 0 Å². The number of carbonyl (C=O) groups is 1. The predicted molar refractivity (Wildman–Crippen MR) is 48.0 cm³/mol. The normalized spacial score (nSPS) is 9.69. The van der Waals surface area contributed by atoms with Crippen molar-refractivity contribution in [2.24, 2.45) is 5.73 Å². The van der Waals surface area contributed by atoms with E-state index in [9.17, 15) is 9.90 Å². The van der Waals surface area contributed by atoms with Crippen LogP contribution in [0.1, 0.15) is 10.4 Å². The second-order valence-corrected chi connectivity index (χ2v) is 2.49. The lowest BCUT2D eigenvalue weighted by Crippen LogP contribution is -2.14. The van der Waals surface area contributed by atoms with E-state index in [1.54, 1.807) is 12.1 Å². The van der Waals surface area contributed by atoms with Crippen LogP contribution < -0.4 is 10.5 Å². The van der Waals surface area contributed by atoms with Crippen LogP contribution in [-0.4, -0.2) is 24.5 Å². The highest BCUT2D eigenvalue weighted by molar-refractivity contribution is 6.00. The van der Waals surface area contributed by atoms with E-state index in [1.807, 2.05) is 0 Å². The maximum Gasteiger partial charge on any atom is 0.180 e. The van der Waals surface area contributed by atoms with Crippen molar-refractivity contribution < 1.29 is 14.6 Å². The Morgan fingerprint density at radius 2 is 2.31 bits per heavy atom. The average molecular weight is 181 g/mol. The lowest BCUT2D eigenvalue weighted by molar-refractivity contribution is 0.0998. The molecule has 0 aliphatic rings. The standard InChI is InChI=1S/C9H11NO3/c1-13-9-6(8(12)5-10)3-2-4-7(9)11/h2-4,11H,5,10H2,1H3. The lowest BCUT2D eigenvalue weighted by atomic mass is 10.1. The molecular weight excluding hydrogens is 170 g/mol. The zero-order chi connectivity index (χ0) is 9.84. The molecule has 70 valence electrons. The van der Waals surface area contributed by atoms with Crippen molar-refractivity contribution in [2.45, 2.75) is 0 Å². The summed E-state index contributed by atoms with van der Waals surface area (Å²) in [5, 5.41) is 9.32. The molecule has 4 nitrogen and oxygen atoms in total. The zero-order valence-electron chi connectivity index (χ0n) is 7.28. The van der Waals surface area contributed by atoms with Crippen molar-refractivity contribution in [2.75, 3.05) is 13.7 Å². The van der Waals surface area contributed by atoms with Gasteiger partial charge in [-0.25, -0.2) is 0 Å². The Hall–Kier alpha value is -1.55. The maximum absolute atomic E-state index is 11.2. The first-order chi connectivity index (χ1) is 6.20. The summed E-state index contributed by atoms with van der Waals surface area (Å²) in [6.07, 6.45) is 0. The van der Waals surface area contributed by atoms with E-state index in [1.165, 1.54) is 13.2 Å². The number of aromatic hydroxyl groups is 1. The van der Waals surface area contributed by atoms with E-state index in [0.717, 1.165) is 0 Å². The summed E-state index contributed by atoms with van der Waals surface area (Å²) in [4.78, 5) is 11.2. The van der Waals surface area contributed by atoms with Crippen molar-refractivity contribution in [3.05, 3.63) is 23.8 Å². The van der Waals surface area contributed by atoms with Gasteiger partial charge in [-0.2, -0.15) is 0 Å². The number of methoxy groups -OCH3 is 1. The Morgan fingerprint density at radius 1 is 1.62 bits per heavy atom. The minimum absolute atomic E-state index is 0.0539. The molecule has 0 fully saturated rings. The average Bonchev–Trinajstić information content (AvgIpc) is 2.16. The van der Waals surface area contributed by atoms with Gasteiger partial charge in [0.05, 0.1) is 19.2 Å². The number of para-hydroxylation sites is 1. The van der Waals surface area contributed by atoms with Gasteiger partial charge in [0.25, 0.3) is 0 Å². The van der Waals surface area contributed by atoms with E-state index in [2.05, 4.69) is 0 Å². The molecule has 4 heteroatoms. The number of hydrogen-bond acceptors (Lipinski definition) is 4. The molecule has 0 bridgehead atoms. The van der Waals surface area contributed by atoms with Crippen molar-refractivity contribution >= 4 is 5.78 Å². The quantitative estimate of drug-likeness (QED) is 0.667. The largest absolute Gasteiger partial charge is 0.504 e. The molecule has 1 aromatic rings. The number of carbonyl (C=O) groups excluding carboxylic acids is 1. The number of hydrogen-bond donors (Lipinski definition) is 2. The molecule has 0 amide bonds. The lowest BCUT2D eigenvalue weighted by Gasteiger charge is -2.07. The smallest absolute Gasteiger partial charge is 0.180 e. The summed E-state index contributed by atoms with van der Waals surface area (Å²) in [6.45, 7) is -0.0974. The molecular formula is C9H11NO3.